The number of aliphatic hydroxyl groups excluding tert-OH is 1. The summed E-state index contributed by atoms with van der Waals surface area (Å²) in [7, 11) is 1.61. The smallest absolute Gasteiger partial charge is 0.259 e. The number of ether oxygens (including phenoxy) is 1. The number of anilines is 1. The molecule has 7 heteroatoms. The highest BCUT2D eigenvalue weighted by Gasteiger charge is 2.28. The zero-order chi connectivity index (χ0) is 18.4. The molecule has 1 saturated heterocycles. The van der Waals surface area contributed by atoms with Crippen LogP contribution in [0.2, 0.25) is 0 Å². The zero-order valence-electron chi connectivity index (χ0n) is 15.0. The number of carbonyl (C=O) groups excluding carboxylic acids is 1. The molecule has 0 radical (unpaired) electrons. The fourth-order valence-electron chi connectivity index (χ4n) is 3.10. The van der Waals surface area contributed by atoms with Gasteiger partial charge in [0.1, 0.15) is 11.3 Å². The number of hydrogen-bond acceptors (Lipinski definition) is 6. The predicted molar refractivity (Wildman–Crippen MR) is 98.6 cm³/mol. The van der Waals surface area contributed by atoms with E-state index in [1.807, 2.05) is 24.3 Å². The number of aliphatic hydroxyl groups is 1. The molecule has 7 nitrogen and oxygen atoms in total. The van der Waals surface area contributed by atoms with Crippen LogP contribution in [0.3, 0.4) is 0 Å². The van der Waals surface area contributed by atoms with Crippen LogP contribution >= 0.6 is 0 Å². The number of nitrogens with zero attached hydrogens (tertiary/aromatic N) is 2. The van der Waals surface area contributed by atoms with Gasteiger partial charge in [0, 0.05) is 31.8 Å². The number of hydrogen-bond donors (Lipinski definition) is 2. The van der Waals surface area contributed by atoms with Crippen LogP contribution in [0.15, 0.2) is 28.8 Å². The summed E-state index contributed by atoms with van der Waals surface area (Å²) >= 11 is 0. The van der Waals surface area contributed by atoms with Gasteiger partial charge in [0.05, 0.1) is 7.11 Å². The highest BCUT2D eigenvalue weighted by atomic mass is 16.5. The molecule has 2 N–H and O–H groups in total. The minimum atomic E-state index is -0.197. The van der Waals surface area contributed by atoms with Crippen LogP contribution in [0.1, 0.15) is 36.0 Å². The van der Waals surface area contributed by atoms with Crippen molar-refractivity contribution in [2.45, 2.75) is 25.7 Å². The molecule has 26 heavy (non-hydrogen) atoms. The predicted octanol–water partition coefficient (Wildman–Crippen LogP) is 2.45. The summed E-state index contributed by atoms with van der Waals surface area (Å²) < 4.78 is 10.8. The Balaban J connectivity index is 1.89. The van der Waals surface area contributed by atoms with Gasteiger partial charge in [-0.1, -0.05) is 5.16 Å². The molecule has 2 heterocycles. The van der Waals surface area contributed by atoms with Crippen LogP contribution in [0, 0.1) is 0 Å². The average molecular weight is 359 g/mol. The highest BCUT2D eigenvalue weighted by Crippen LogP contribution is 2.33. The van der Waals surface area contributed by atoms with Crippen LogP contribution in [-0.2, 0) is 0 Å². The second-order valence-electron chi connectivity index (χ2n) is 6.32. The zero-order valence-corrected chi connectivity index (χ0v) is 15.0. The molecule has 1 aliphatic rings. The molecule has 0 atom stereocenters. The van der Waals surface area contributed by atoms with Crippen molar-refractivity contribution >= 4 is 11.7 Å². The Morgan fingerprint density at radius 3 is 2.65 bits per heavy atom. The van der Waals surface area contributed by atoms with Crippen molar-refractivity contribution in [3.63, 3.8) is 0 Å². The van der Waals surface area contributed by atoms with Gasteiger partial charge in [0.25, 0.3) is 5.91 Å². The normalized spacial score (nSPS) is 13.8. The van der Waals surface area contributed by atoms with E-state index in [1.165, 1.54) is 0 Å². The first-order valence-electron chi connectivity index (χ1n) is 9.02. The van der Waals surface area contributed by atoms with Crippen LogP contribution < -0.4 is 15.0 Å². The lowest BCUT2D eigenvalue weighted by Gasteiger charge is -2.15. The number of nitrogens with one attached hydrogen (secondary N) is 1. The third kappa shape index (κ3) is 3.99. The number of unbranched alkanes of at least 4 members (excludes halogenated alkanes) is 1. The Morgan fingerprint density at radius 2 is 2.00 bits per heavy atom. The van der Waals surface area contributed by atoms with Gasteiger partial charge in [-0.25, -0.2) is 0 Å². The average Bonchev–Trinajstić information content (AvgIpc) is 3.34. The molecule has 0 bridgehead atoms. The van der Waals surface area contributed by atoms with Crippen molar-refractivity contribution in [2.24, 2.45) is 0 Å². The van der Waals surface area contributed by atoms with E-state index in [1.54, 1.807) is 7.11 Å². The summed E-state index contributed by atoms with van der Waals surface area (Å²) in [5.41, 5.74) is 1.25. The number of methoxy groups -OCH3 is 1. The molecule has 0 spiro atoms. The summed E-state index contributed by atoms with van der Waals surface area (Å²) in [5.74, 6) is 1.61. The van der Waals surface area contributed by atoms with Gasteiger partial charge in [0.15, 0.2) is 11.6 Å². The molecule has 1 amide bonds. The van der Waals surface area contributed by atoms with Crippen LogP contribution in [0.25, 0.3) is 11.3 Å². The van der Waals surface area contributed by atoms with Crippen molar-refractivity contribution in [3.05, 3.63) is 29.8 Å². The molecule has 0 saturated carbocycles. The molecule has 2 aromatic rings. The fraction of sp³-hybridized carbons (Fsp3) is 0.474. The van der Waals surface area contributed by atoms with Gasteiger partial charge in [-0.05, 0) is 49.9 Å². The Bertz CT molecular complexity index is 721. The first-order valence-corrected chi connectivity index (χ1v) is 9.02. The van der Waals surface area contributed by atoms with Gasteiger partial charge in [-0.3, -0.25) is 4.79 Å². The number of carbonyl (C=O) groups is 1. The lowest BCUT2D eigenvalue weighted by Crippen LogP contribution is -2.28. The quantitative estimate of drug-likeness (QED) is 0.704. The van der Waals surface area contributed by atoms with Crippen LogP contribution in [-0.4, -0.2) is 49.5 Å². The van der Waals surface area contributed by atoms with Gasteiger partial charge in [-0.2, -0.15) is 0 Å². The molecule has 1 aromatic heterocycles. The Hall–Kier alpha value is -2.54. The topological polar surface area (TPSA) is 87.8 Å². The minimum Gasteiger partial charge on any atom is -0.497 e. The maximum Gasteiger partial charge on any atom is 0.259 e. The van der Waals surface area contributed by atoms with E-state index < -0.39 is 0 Å². The van der Waals surface area contributed by atoms with Crippen molar-refractivity contribution in [1.82, 2.24) is 10.5 Å². The van der Waals surface area contributed by atoms with E-state index in [-0.39, 0.29) is 12.5 Å². The van der Waals surface area contributed by atoms with E-state index in [4.69, 9.17) is 14.4 Å². The molecular formula is C19H25N3O4. The molecule has 0 unspecified atom stereocenters. The Morgan fingerprint density at radius 1 is 1.27 bits per heavy atom. The van der Waals surface area contributed by atoms with E-state index in [0.29, 0.717) is 30.1 Å². The lowest BCUT2D eigenvalue weighted by atomic mass is 10.1. The molecule has 1 aromatic carbocycles. The maximum absolute atomic E-state index is 12.8. The largest absolute Gasteiger partial charge is 0.497 e. The van der Waals surface area contributed by atoms with Gasteiger partial charge < -0.3 is 24.6 Å². The third-order valence-corrected chi connectivity index (χ3v) is 4.53. The summed E-state index contributed by atoms with van der Waals surface area (Å²) in [6, 6.07) is 7.37. The molecule has 140 valence electrons. The summed E-state index contributed by atoms with van der Waals surface area (Å²) in [6.07, 6.45) is 3.56. The number of aromatic nitrogens is 1. The van der Waals surface area contributed by atoms with Crippen LogP contribution in [0.5, 0.6) is 5.75 Å². The van der Waals surface area contributed by atoms with Crippen molar-refractivity contribution in [3.8, 4) is 17.1 Å². The van der Waals surface area contributed by atoms with Crippen molar-refractivity contribution < 1.29 is 19.2 Å². The number of amides is 1. The fourth-order valence-corrected chi connectivity index (χ4v) is 3.10. The van der Waals surface area contributed by atoms with E-state index in [2.05, 4.69) is 15.4 Å². The SMILES string of the molecule is COc1ccc(-c2onc(N3CCCC3)c2C(=O)NCCCCO)cc1. The second-order valence-corrected chi connectivity index (χ2v) is 6.32. The van der Waals surface area contributed by atoms with Gasteiger partial charge >= 0.3 is 0 Å². The maximum atomic E-state index is 12.8. The van der Waals surface area contributed by atoms with Crippen molar-refractivity contribution in [2.75, 3.05) is 38.3 Å². The Kier molecular flexibility index (Phi) is 6.12. The summed E-state index contributed by atoms with van der Waals surface area (Å²) in [4.78, 5) is 14.9. The van der Waals surface area contributed by atoms with E-state index in [9.17, 15) is 4.79 Å². The third-order valence-electron chi connectivity index (χ3n) is 4.53. The second kappa shape index (κ2) is 8.71. The van der Waals surface area contributed by atoms with Gasteiger partial charge in [0.2, 0.25) is 0 Å². The van der Waals surface area contributed by atoms with Crippen LogP contribution in [0.4, 0.5) is 5.82 Å². The molecule has 0 aliphatic carbocycles. The summed E-state index contributed by atoms with van der Waals surface area (Å²) in [5, 5.41) is 16.0. The Labute approximate surface area is 152 Å². The van der Waals surface area contributed by atoms with E-state index in [0.717, 1.165) is 43.7 Å². The van der Waals surface area contributed by atoms with E-state index >= 15 is 0 Å². The number of rotatable bonds is 8. The first kappa shape index (κ1) is 18.3. The standard InChI is InChI=1S/C19H25N3O4/c1-25-15-8-6-14(7-9-15)17-16(19(24)20-10-2-5-13-23)18(21-26-17)22-11-3-4-12-22/h6-9,23H,2-5,10-13H2,1H3,(H,20,24). The van der Waals surface area contributed by atoms with Gasteiger partial charge in [-0.15, -0.1) is 0 Å². The van der Waals surface area contributed by atoms with Crippen molar-refractivity contribution in [1.29, 1.82) is 0 Å². The summed E-state index contributed by atoms with van der Waals surface area (Å²) in [6.45, 7) is 2.38. The first-order chi connectivity index (χ1) is 12.7. The molecule has 1 fully saturated rings. The lowest BCUT2D eigenvalue weighted by molar-refractivity contribution is 0.0952. The molecular weight excluding hydrogens is 334 g/mol. The molecule has 3 rings (SSSR count). The minimum absolute atomic E-state index is 0.124. The number of benzene rings is 1. The molecule has 1 aliphatic heterocycles. The monoisotopic (exact) mass is 359 g/mol. The highest BCUT2D eigenvalue weighted by molar-refractivity contribution is 6.04.